The molecule has 0 aliphatic rings. The summed E-state index contributed by atoms with van der Waals surface area (Å²) in [6.45, 7) is 1.66. The molecule has 1 rings (SSSR count). The molecule has 1 aromatic heterocycles. The molecule has 0 bridgehead atoms. The Bertz CT molecular complexity index is 331. The molecule has 0 aliphatic heterocycles. The third-order valence-electron chi connectivity index (χ3n) is 2.13. The number of halogens is 2. The van der Waals surface area contributed by atoms with Gasteiger partial charge in [-0.1, -0.05) is 0 Å². The van der Waals surface area contributed by atoms with Crippen LogP contribution < -0.4 is 3.71 Å². The second kappa shape index (κ2) is 4.12. The summed E-state index contributed by atoms with van der Waals surface area (Å²) in [7, 11) is 0. The molecule has 1 heterocycles. The normalized spacial score (nSPS) is 12.2. The van der Waals surface area contributed by atoms with Crippen LogP contribution in [-0.4, -0.2) is 23.4 Å². The third-order valence-corrected chi connectivity index (χ3v) is 7.31. The van der Waals surface area contributed by atoms with E-state index in [0.29, 0.717) is 5.69 Å². The number of rotatable bonds is 2. The van der Waals surface area contributed by atoms with Crippen LogP contribution in [0.25, 0.3) is 0 Å². The monoisotopic (exact) mass is 307 g/mol. The maximum absolute atomic E-state index is 12.4. The van der Waals surface area contributed by atoms with Crippen molar-refractivity contribution < 1.29 is 8.78 Å². The predicted molar refractivity (Wildman–Crippen MR) is 56.9 cm³/mol. The fourth-order valence-corrected chi connectivity index (χ4v) is 4.32. The number of hydrogen-bond acceptors (Lipinski definition) is 1. The van der Waals surface area contributed by atoms with E-state index in [1.807, 2.05) is 0 Å². The Kier molecular flexibility index (Phi) is 3.50. The summed E-state index contributed by atoms with van der Waals surface area (Å²) < 4.78 is 25.9. The first-order valence-corrected chi connectivity index (χ1v) is 14.6. The van der Waals surface area contributed by atoms with Crippen molar-refractivity contribution in [3.63, 3.8) is 0 Å². The number of aromatic nitrogens is 1. The first kappa shape index (κ1) is 11.9. The molecule has 1 nitrogen and oxygen atoms in total. The van der Waals surface area contributed by atoms with Crippen molar-refractivity contribution in [3.8, 4) is 0 Å². The van der Waals surface area contributed by atoms with Crippen LogP contribution in [-0.2, 0) is 0 Å². The average Bonchev–Trinajstić information content (AvgIpc) is 2.01. The van der Waals surface area contributed by atoms with Gasteiger partial charge in [-0.3, -0.25) is 0 Å². The quantitative estimate of drug-likeness (QED) is 0.766. The van der Waals surface area contributed by atoms with Crippen molar-refractivity contribution in [3.05, 3.63) is 23.4 Å². The Labute approximate surface area is 87.4 Å². The van der Waals surface area contributed by atoms with Gasteiger partial charge in [0.1, 0.15) is 0 Å². The number of hydrogen-bond donors (Lipinski definition) is 0. The molecule has 0 aromatic carbocycles. The summed E-state index contributed by atoms with van der Waals surface area (Å²) in [6, 6.07) is 3.29. The van der Waals surface area contributed by atoms with Crippen molar-refractivity contribution >= 4 is 22.1 Å². The molecule has 0 saturated carbocycles. The second-order valence-electron chi connectivity index (χ2n) is 4.42. The SMILES string of the molecule is Cc1n[c]([Sn]([CH3])([CH3])[CH3])ccc1C(F)F. The van der Waals surface area contributed by atoms with Crippen LogP contribution in [0.2, 0.25) is 14.8 Å². The zero-order valence-corrected chi connectivity index (χ0v) is 11.8. The van der Waals surface area contributed by atoms with E-state index in [1.165, 1.54) is 6.07 Å². The zero-order valence-electron chi connectivity index (χ0n) is 8.94. The van der Waals surface area contributed by atoms with Crippen LogP contribution in [0.15, 0.2) is 12.1 Å². The van der Waals surface area contributed by atoms with E-state index in [-0.39, 0.29) is 5.56 Å². The van der Waals surface area contributed by atoms with Crippen LogP contribution >= 0.6 is 0 Å². The molecule has 78 valence electrons. The summed E-state index contributed by atoms with van der Waals surface area (Å²) in [5.74, 6) is 0. The van der Waals surface area contributed by atoms with Crippen LogP contribution in [0.1, 0.15) is 17.7 Å². The summed E-state index contributed by atoms with van der Waals surface area (Å²) in [6.07, 6.45) is -2.41. The van der Waals surface area contributed by atoms with E-state index >= 15 is 0 Å². The zero-order chi connectivity index (χ0) is 10.9. The van der Waals surface area contributed by atoms with Crippen LogP contribution in [0, 0.1) is 6.92 Å². The molecule has 0 amide bonds. The van der Waals surface area contributed by atoms with Gasteiger partial charge in [-0.2, -0.15) is 0 Å². The molecule has 4 heteroatoms. The second-order valence-corrected chi connectivity index (χ2v) is 18.7. The summed E-state index contributed by atoms with van der Waals surface area (Å²) in [5.41, 5.74) is 0.536. The van der Waals surface area contributed by atoms with E-state index in [4.69, 9.17) is 0 Å². The molecule has 14 heavy (non-hydrogen) atoms. The Morgan fingerprint density at radius 2 is 1.79 bits per heavy atom. The first-order valence-electron chi connectivity index (χ1n) is 4.58. The van der Waals surface area contributed by atoms with Crippen LogP contribution in [0.5, 0.6) is 0 Å². The van der Waals surface area contributed by atoms with Crippen LogP contribution in [0.3, 0.4) is 0 Å². The first-order chi connectivity index (χ1) is 6.32. The van der Waals surface area contributed by atoms with Gasteiger partial charge in [0.25, 0.3) is 0 Å². The minimum atomic E-state index is -2.41. The maximum atomic E-state index is 12.4. The van der Waals surface area contributed by atoms with Gasteiger partial charge in [0.05, 0.1) is 0 Å². The van der Waals surface area contributed by atoms with Gasteiger partial charge in [-0.15, -0.1) is 0 Å². The van der Waals surface area contributed by atoms with E-state index in [2.05, 4.69) is 19.8 Å². The van der Waals surface area contributed by atoms with Crippen molar-refractivity contribution in [2.75, 3.05) is 0 Å². The molecule has 0 fully saturated rings. The molecule has 0 N–H and O–H groups in total. The van der Waals surface area contributed by atoms with Gasteiger partial charge in [-0.25, -0.2) is 0 Å². The van der Waals surface area contributed by atoms with Gasteiger partial charge >= 0.3 is 87.4 Å². The number of aryl methyl sites for hydroxylation is 1. The molecule has 0 atom stereocenters. The van der Waals surface area contributed by atoms with Crippen molar-refractivity contribution in [2.45, 2.75) is 28.2 Å². The van der Waals surface area contributed by atoms with Gasteiger partial charge in [-0.05, 0) is 0 Å². The molecule has 0 spiro atoms. The molecule has 0 unspecified atom stereocenters. The topological polar surface area (TPSA) is 12.9 Å². The standard InChI is InChI=1S/C7H6F2N.3CH3.Sn/c1-5-6(7(8)9)3-2-4-10-5;;;;/h2-3,7H,1H3;3*1H3;. The van der Waals surface area contributed by atoms with E-state index in [9.17, 15) is 8.78 Å². The predicted octanol–water partition coefficient (Wildman–Crippen LogP) is 2.87. The summed E-state index contributed by atoms with van der Waals surface area (Å²) >= 11 is -2.19. The van der Waals surface area contributed by atoms with E-state index < -0.39 is 24.8 Å². The van der Waals surface area contributed by atoms with Gasteiger partial charge in [0.15, 0.2) is 0 Å². The molecule has 0 radical (unpaired) electrons. The van der Waals surface area contributed by atoms with E-state index in [1.54, 1.807) is 13.0 Å². The van der Waals surface area contributed by atoms with Crippen molar-refractivity contribution in [1.29, 1.82) is 0 Å². The number of alkyl halides is 2. The Morgan fingerprint density at radius 1 is 1.21 bits per heavy atom. The molecular weight excluding hydrogens is 291 g/mol. The Hall–Kier alpha value is -0.191. The number of nitrogens with zero attached hydrogens (tertiary/aromatic N) is 1. The molecule has 1 aromatic rings. The molecule has 0 aliphatic carbocycles. The van der Waals surface area contributed by atoms with Gasteiger partial charge in [0, 0.05) is 0 Å². The fourth-order valence-electron chi connectivity index (χ4n) is 1.22. The molecular formula is C10H15F2NSn. The van der Waals surface area contributed by atoms with Gasteiger partial charge in [0.2, 0.25) is 0 Å². The number of pyridine rings is 1. The molecule has 0 saturated heterocycles. The average molecular weight is 306 g/mol. The minimum absolute atomic E-state index is 0.0595. The van der Waals surface area contributed by atoms with Crippen LogP contribution in [0.4, 0.5) is 8.78 Å². The van der Waals surface area contributed by atoms with Crippen molar-refractivity contribution in [1.82, 2.24) is 4.98 Å². The fraction of sp³-hybridized carbons (Fsp3) is 0.500. The van der Waals surface area contributed by atoms with Gasteiger partial charge < -0.3 is 0 Å². The van der Waals surface area contributed by atoms with E-state index in [0.717, 1.165) is 3.71 Å². The third kappa shape index (κ3) is 2.65. The Morgan fingerprint density at radius 3 is 2.14 bits per heavy atom. The van der Waals surface area contributed by atoms with Crippen molar-refractivity contribution in [2.24, 2.45) is 0 Å². The summed E-state index contributed by atoms with van der Waals surface area (Å²) in [5, 5.41) is 0. The Balaban J connectivity index is 3.13. The summed E-state index contributed by atoms with van der Waals surface area (Å²) in [4.78, 5) is 10.9.